The Morgan fingerprint density at radius 1 is 0.842 bits per heavy atom. The first kappa shape index (κ1) is 17.0. The molecule has 0 aromatic heterocycles. The Morgan fingerprint density at radius 3 is 2.11 bits per heavy atom. The van der Waals surface area contributed by atoms with Crippen molar-refractivity contribution < 1.29 is 4.74 Å². The molecule has 0 aromatic carbocycles. The van der Waals surface area contributed by atoms with Crippen molar-refractivity contribution in [3.63, 3.8) is 0 Å². The topological polar surface area (TPSA) is 21.3 Å². The predicted molar refractivity (Wildman–Crippen MR) is 83.7 cm³/mol. The Balaban J connectivity index is 1.85. The highest BCUT2D eigenvalue weighted by Gasteiger charge is 2.20. The molecule has 0 amide bonds. The van der Waals surface area contributed by atoms with Crippen molar-refractivity contribution in [1.82, 2.24) is 5.32 Å². The lowest BCUT2D eigenvalue weighted by Crippen LogP contribution is -2.35. The molecule has 0 aliphatic heterocycles. The highest BCUT2D eigenvalue weighted by atomic mass is 16.5. The Bertz CT molecular complexity index is 188. The minimum Gasteiger partial charge on any atom is -0.378 e. The van der Waals surface area contributed by atoms with Crippen LogP contribution in [0, 0.1) is 0 Å². The van der Waals surface area contributed by atoms with Gasteiger partial charge in [0.1, 0.15) is 0 Å². The maximum absolute atomic E-state index is 6.01. The highest BCUT2D eigenvalue weighted by molar-refractivity contribution is 4.77. The molecule has 0 heterocycles. The zero-order valence-electron chi connectivity index (χ0n) is 13.3. The summed E-state index contributed by atoms with van der Waals surface area (Å²) in [6, 6.07) is 0.753. The Labute approximate surface area is 120 Å². The van der Waals surface area contributed by atoms with Crippen LogP contribution in [0.4, 0.5) is 0 Å². The van der Waals surface area contributed by atoms with Gasteiger partial charge in [0.15, 0.2) is 0 Å². The predicted octanol–water partition coefficient (Wildman–Crippen LogP) is 4.67. The minimum atomic E-state index is 0.551. The largest absolute Gasteiger partial charge is 0.378 e. The van der Waals surface area contributed by atoms with Crippen LogP contribution in [0.2, 0.25) is 0 Å². The molecule has 0 bridgehead atoms. The van der Waals surface area contributed by atoms with Crippen LogP contribution in [0.3, 0.4) is 0 Å². The van der Waals surface area contributed by atoms with Crippen molar-refractivity contribution in [3.05, 3.63) is 0 Å². The van der Waals surface area contributed by atoms with E-state index in [4.69, 9.17) is 4.74 Å². The second-order valence-electron chi connectivity index (χ2n) is 6.02. The van der Waals surface area contributed by atoms with Crippen LogP contribution < -0.4 is 5.32 Å². The quantitative estimate of drug-likeness (QED) is 0.550. The second-order valence-corrected chi connectivity index (χ2v) is 6.02. The van der Waals surface area contributed by atoms with E-state index in [1.807, 2.05) is 0 Å². The van der Waals surface area contributed by atoms with Gasteiger partial charge in [-0.2, -0.15) is 0 Å². The second kappa shape index (κ2) is 11.7. The van der Waals surface area contributed by atoms with E-state index in [2.05, 4.69) is 19.2 Å². The van der Waals surface area contributed by atoms with Crippen molar-refractivity contribution in [2.24, 2.45) is 0 Å². The average molecular weight is 269 g/mol. The third kappa shape index (κ3) is 8.65. The van der Waals surface area contributed by atoms with Gasteiger partial charge in [0, 0.05) is 12.6 Å². The summed E-state index contributed by atoms with van der Waals surface area (Å²) in [5.41, 5.74) is 0. The summed E-state index contributed by atoms with van der Waals surface area (Å²) in [6.45, 7) is 6.57. The summed E-state index contributed by atoms with van der Waals surface area (Å²) in [6.07, 6.45) is 15.3. The fourth-order valence-electron chi connectivity index (χ4n) is 3.03. The molecule has 0 atom stereocenters. The Hall–Kier alpha value is -0.0800. The van der Waals surface area contributed by atoms with Gasteiger partial charge < -0.3 is 10.1 Å². The molecule has 114 valence electrons. The van der Waals surface area contributed by atoms with Gasteiger partial charge in [-0.15, -0.1) is 0 Å². The third-order valence-corrected chi connectivity index (χ3v) is 4.27. The molecule has 2 nitrogen and oxygen atoms in total. The fourth-order valence-corrected chi connectivity index (χ4v) is 3.03. The number of unbranched alkanes of at least 4 members (excludes halogenated alkanes) is 6. The van der Waals surface area contributed by atoms with E-state index in [1.165, 1.54) is 70.6 Å². The number of nitrogens with one attached hydrogen (secondary N) is 1. The van der Waals surface area contributed by atoms with Gasteiger partial charge in [-0.05, 0) is 38.6 Å². The van der Waals surface area contributed by atoms with Crippen molar-refractivity contribution in [2.45, 2.75) is 96.6 Å². The smallest absolute Gasteiger partial charge is 0.0576 e. The molecule has 1 fully saturated rings. The zero-order chi connectivity index (χ0) is 13.8. The van der Waals surface area contributed by atoms with Crippen LogP contribution >= 0.6 is 0 Å². The first-order valence-electron chi connectivity index (χ1n) is 8.71. The SMILES string of the molecule is CCCCCCCCCOC1CCC(NCC)CC1. The summed E-state index contributed by atoms with van der Waals surface area (Å²) in [5, 5.41) is 3.55. The molecule has 0 spiro atoms. The first-order valence-corrected chi connectivity index (χ1v) is 8.71. The highest BCUT2D eigenvalue weighted by Crippen LogP contribution is 2.21. The van der Waals surface area contributed by atoms with E-state index in [0.29, 0.717) is 6.10 Å². The van der Waals surface area contributed by atoms with Crippen LogP contribution in [0.1, 0.15) is 84.5 Å². The minimum absolute atomic E-state index is 0.551. The third-order valence-electron chi connectivity index (χ3n) is 4.27. The van der Waals surface area contributed by atoms with E-state index in [9.17, 15) is 0 Å². The van der Waals surface area contributed by atoms with Crippen molar-refractivity contribution >= 4 is 0 Å². The van der Waals surface area contributed by atoms with Crippen molar-refractivity contribution in [3.8, 4) is 0 Å². The summed E-state index contributed by atoms with van der Waals surface area (Å²) >= 11 is 0. The van der Waals surface area contributed by atoms with Crippen LogP contribution in [-0.4, -0.2) is 25.3 Å². The molecule has 1 N–H and O–H groups in total. The summed E-state index contributed by atoms with van der Waals surface area (Å²) < 4.78 is 6.01. The van der Waals surface area contributed by atoms with Crippen LogP contribution in [0.25, 0.3) is 0 Å². The molecule has 1 aliphatic carbocycles. The molecule has 0 aromatic rings. The monoisotopic (exact) mass is 269 g/mol. The number of ether oxygens (including phenoxy) is 1. The molecule has 0 unspecified atom stereocenters. The van der Waals surface area contributed by atoms with Crippen molar-refractivity contribution in [1.29, 1.82) is 0 Å². The van der Waals surface area contributed by atoms with E-state index < -0.39 is 0 Å². The van der Waals surface area contributed by atoms with Gasteiger partial charge in [-0.3, -0.25) is 0 Å². The van der Waals surface area contributed by atoms with Gasteiger partial charge in [-0.25, -0.2) is 0 Å². The van der Waals surface area contributed by atoms with Gasteiger partial charge in [-0.1, -0.05) is 52.4 Å². The van der Waals surface area contributed by atoms with Gasteiger partial charge in [0.2, 0.25) is 0 Å². The van der Waals surface area contributed by atoms with E-state index in [1.54, 1.807) is 0 Å². The first-order chi connectivity index (χ1) is 9.36. The lowest BCUT2D eigenvalue weighted by atomic mass is 9.93. The number of rotatable bonds is 11. The van der Waals surface area contributed by atoms with Gasteiger partial charge >= 0.3 is 0 Å². The lowest BCUT2D eigenvalue weighted by Gasteiger charge is -2.29. The molecule has 1 saturated carbocycles. The molecule has 1 aliphatic rings. The maximum Gasteiger partial charge on any atom is 0.0576 e. The summed E-state index contributed by atoms with van der Waals surface area (Å²) in [5.74, 6) is 0. The van der Waals surface area contributed by atoms with E-state index in [0.717, 1.165) is 19.2 Å². The Morgan fingerprint density at radius 2 is 1.47 bits per heavy atom. The number of hydrogen-bond donors (Lipinski definition) is 1. The summed E-state index contributed by atoms with van der Waals surface area (Å²) in [4.78, 5) is 0. The molecular weight excluding hydrogens is 234 g/mol. The zero-order valence-corrected chi connectivity index (χ0v) is 13.3. The molecule has 19 heavy (non-hydrogen) atoms. The Kier molecular flexibility index (Phi) is 10.5. The van der Waals surface area contributed by atoms with Crippen LogP contribution in [-0.2, 0) is 4.74 Å². The molecule has 1 rings (SSSR count). The van der Waals surface area contributed by atoms with Gasteiger partial charge in [0.25, 0.3) is 0 Å². The molecule has 0 radical (unpaired) electrons. The van der Waals surface area contributed by atoms with E-state index in [-0.39, 0.29) is 0 Å². The van der Waals surface area contributed by atoms with Crippen LogP contribution in [0.5, 0.6) is 0 Å². The van der Waals surface area contributed by atoms with Crippen LogP contribution in [0.15, 0.2) is 0 Å². The van der Waals surface area contributed by atoms with E-state index >= 15 is 0 Å². The van der Waals surface area contributed by atoms with Crippen molar-refractivity contribution in [2.75, 3.05) is 13.2 Å². The summed E-state index contributed by atoms with van der Waals surface area (Å²) in [7, 11) is 0. The standard InChI is InChI=1S/C17H35NO/c1-3-5-6-7-8-9-10-15-19-17-13-11-16(12-14-17)18-4-2/h16-18H,3-15H2,1-2H3. The normalized spacial score (nSPS) is 23.7. The lowest BCUT2D eigenvalue weighted by molar-refractivity contribution is 0.0206. The number of hydrogen-bond acceptors (Lipinski definition) is 2. The average Bonchev–Trinajstić information content (AvgIpc) is 2.44. The maximum atomic E-state index is 6.01. The fraction of sp³-hybridized carbons (Fsp3) is 1.00. The van der Waals surface area contributed by atoms with Gasteiger partial charge in [0.05, 0.1) is 6.10 Å². The molecular formula is C17H35NO. The molecule has 0 saturated heterocycles. The molecule has 2 heteroatoms.